The summed E-state index contributed by atoms with van der Waals surface area (Å²) in [5, 5.41) is 8.67. The molecule has 1 aliphatic rings. The second-order valence-electron chi connectivity index (χ2n) is 8.88. The summed E-state index contributed by atoms with van der Waals surface area (Å²) in [4.78, 5) is 25.7. The van der Waals surface area contributed by atoms with Crippen LogP contribution in [0.4, 0.5) is 10.2 Å². The summed E-state index contributed by atoms with van der Waals surface area (Å²) in [7, 11) is 0. The zero-order valence-corrected chi connectivity index (χ0v) is 19.2. The molecule has 8 nitrogen and oxygen atoms in total. The number of hydrogen-bond donors (Lipinski definition) is 1. The monoisotopic (exact) mass is 460 g/mol. The number of halogens is 1. The van der Waals surface area contributed by atoms with Crippen LogP contribution in [0.2, 0.25) is 0 Å². The Balaban J connectivity index is 1.66. The molecule has 1 aliphatic heterocycles. The van der Waals surface area contributed by atoms with Crippen molar-refractivity contribution >= 4 is 23.1 Å². The summed E-state index contributed by atoms with van der Waals surface area (Å²) in [5.74, 6) is 1.03. The van der Waals surface area contributed by atoms with Crippen LogP contribution >= 0.6 is 0 Å². The molecule has 0 saturated carbocycles. The quantitative estimate of drug-likeness (QED) is 0.414. The van der Waals surface area contributed by atoms with Crippen molar-refractivity contribution in [3.8, 4) is 17.4 Å². The lowest BCUT2D eigenvalue weighted by atomic mass is 9.82. The number of benzene rings is 1. The number of carbonyl (C=O) groups excluding carboxylic acids is 1. The maximum atomic E-state index is 14.3. The first-order chi connectivity index (χ1) is 16.4. The van der Waals surface area contributed by atoms with Crippen LogP contribution in [0.5, 0.6) is 5.88 Å². The van der Waals surface area contributed by atoms with Gasteiger partial charge in [-0.05, 0) is 24.6 Å². The average Bonchev–Trinajstić information content (AvgIpc) is 3.33. The molecule has 4 aromatic rings. The molecule has 174 valence electrons. The standard InChI is InChI=1S/C25H25FN6O2/c1-4-12-34-24-19-21(28-18(14-33)25(19,2)3)29-22(30-24)20-16-9-7-11-27-23(16)32(31-20)13-15-8-5-6-10-17(15)26/h5-11,14,18H,4,12-13H2,1-3H3,(H,28,29,30). The van der Waals surface area contributed by atoms with E-state index in [1.807, 2.05) is 32.9 Å². The lowest BCUT2D eigenvalue weighted by Gasteiger charge is -2.23. The SMILES string of the molecule is CCCOc1nc(-c2nn(Cc3ccccc3F)c3ncccc23)nc2c1C(C)(C)C(C=O)N2. The highest BCUT2D eigenvalue weighted by Gasteiger charge is 2.44. The summed E-state index contributed by atoms with van der Waals surface area (Å²) in [5.41, 5.74) is 1.85. The van der Waals surface area contributed by atoms with Crippen LogP contribution < -0.4 is 10.1 Å². The maximum absolute atomic E-state index is 14.3. The van der Waals surface area contributed by atoms with E-state index in [2.05, 4.69) is 10.3 Å². The van der Waals surface area contributed by atoms with Crippen LogP contribution in [-0.4, -0.2) is 43.7 Å². The third-order valence-corrected chi connectivity index (χ3v) is 6.17. The highest BCUT2D eigenvalue weighted by atomic mass is 19.1. The molecule has 0 radical (unpaired) electrons. The van der Waals surface area contributed by atoms with Gasteiger partial charge in [-0.1, -0.05) is 39.0 Å². The zero-order chi connectivity index (χ0) is 23.9. The highest BCUT2D eigenvalue weighted by molar-refractivity contribution is 5.90. The molecule has 0 fully saturated rings. The molecule has 0 amide bonds. The van der Waals surface area contributed by atoms with Crippen LogP contribution in [0.25, 0.3) is 22.6 Å². The van der Waals surface area contributed by atoms with Crippen molar-refractivity contribution in [2.75, 3.05) is 11.9 Å². The number of rotatable bonds is 7. The number of nitrogens with zero attached hydrogens (tertiary/aromatic N) is 5. The number of nitrogens with one attached hydrogen (secondary N) is 1. The minimum atomic E-state index is -0.535. The molecule has 1 atom stereocenters. The van der Waals surface area contributed by atoms with Gasteiger partial charge in [-0.25, -0.2) is 19.0 Å². The van der Waals surface area contributed by atoms with Gasteiger partial charge in [0, 0.05) is 17.2 Å². The summed E-state index contributed by atoms with van der Waals surface area (Å²) in [6.45, 7) is 6.64. The predicted molar refractivity (Wildman–Crippen MR) is 126 cm³/mol. The van der Waals surface area contributed by atoms with Crippen molar-refractivity contribution in [2.45, 2.75) is 45.2 Å². The fraction of sp³-hybridized carbons (Fsp3) is 0.320. The molecule has 0 spiro atoms. The number of aromatic nitrogens is 5. The van der Waals surface area contributed by atoms with E-state index < -0.39 is 11.5 Å². The summed E-state index contributed by atoms with van der Waals surface area (Å²) in [6, 6.07) is 9.83. The van der Waals surface area contributed by atoms with Gasteiger partial charge in [-0.15, -0.1) is 0 Å². The Morgan fingerprint density at radius 1 is 1.21 bits per heavy atom. The molecule has 9 heteroatoms. The van der Waals surface area contributed by atoms with Crippen molar-refractivity contribution in [1.82, 2.24) is 24.7 Å². The summed E-state index contributed by atoms with van der Waals surface area (Å²) in [6.07, 6.45) is 3.36. The van der Waals surface area contributed by atoms with Gasteiger partial charge in [0.15, 0.2) is 11.5 Å². The van der Waals surface area contributed by atoms with Crippen molar-refractivity contribution in [3.63, 3.8) is 0 Å². The summed E-state index contributed by atoms with van der Waals surface area (Å²) >= 11 is 0. The van der Waals surface area contributed by atoms with E-state index in [9.17, 15) is 9.18 Å². The first kappa shape index (κ1) is 21.9. The Labute approximate surface area is 196 Å². The number of ether oxygens (including phenoxy) is 1. The van der Waals surface area contributed by atoms with Gasteiger partial charge in [0.2, 0.25) is 5.88 Å². The number of fused-ring (bicyclic) bond motifs is 2. The topological polar surface area (TPSA) is 94.8 Å². The Bertz CT molecular complexity index is 1380. The second kappa shape index (κ2) is 8.48. The molecular weight excluding hydrogens is 435 g/mol. The minimum absolute atomic E-state index is 0.211. The zero-order valence-electron chi connectivity index (χ0n) is 19.2. The van der Waals surface area contributed by atoms with Crippen molar-refractivity contribution in [1.29, 1.82) is 0 Å². The molecule has 5 rings (SSSR count). The molecule has 1 N–H and O–H groups in total. The molecule has 4 heterocycles. The Morgan fingerprint density at radius 3 is 2.79 bits per heavy atom. The fourth-order valence-corrected chi connectivity index (χ4v) is 4.29. The van der Waals surface area contributed by atoms with Crippen LogP contribution in [-0.2, 0) is 16.8 Å². The highest BCUT2D eigenvalue weighted by Crippen LogP contribution is 2.45. The number of aldehydes is 1. The molecular formula is C25H25FN6O2. The third-order valence-electron chi connectivity index (χ3n) is 6.17. The van der Waals surface area contributed by atoms with Crippen molar-refractivity contribution < 1.29 is 13.9 Å². The minimum Gasteiger partial charge on any atom is -0.477 e. The van der Waals surface area contributed by atoms with Crippen LogP contribution in [0, 0.1) is 5.82 Å². The fourth-order valence-electron chi connectivity index (χ4n) is 4.29. The normalized spacial score (nSPS) is 16.3. The lowest BCUT2D eigenvalue weighted by molar-refractivity contribution is -0.109. The van der Waals surface area contributed by atoms with Gasteiger partial charge in [0.1, 0.15) is 23.6 Å². The first-order valence-electron chi connectivity index (χ1n) is 11.3. The van der Waals surface area contributed by atoms with Gasteiger partial charge in [0.25, 0.3) is 0 Å². The van der Waals surface area contributed by atoms with E-state index in [-0.39, 0.29) is 12.4 Å². The van der Waals surface area contributed by atoms with Crippen LogP contribution in [0.1, 0.15) is 38.3 Å². The largest absolute Gasteiger partial charge is 0.477 e. The van der Waals surface area contributed by atoms with Gasteiger partial charge >= 0.3 is 0 Å². The molecule has 0 aliphatic carbocycles. The van der Waals surface area contributed by atoms with E-state index in [1.54, 1.807) is 29.1 Å². The smallest absolute Gasteiger partial charge is 0.223 e. The molecule has 34 heavy (non-hydrogen) atoms. The van der Waals surface area contributed by atoms with E-state index in [4.69, 9.17) is 19.8 Å². The van der Waals surface area contributed by atoms with Crippen molar-refractivity contribution in [2.24, 2.45) is 0 Å². The van der Waals surface area contributed by atoms with Gasteiger partial charge < -0.3 is 14.8 Å². The number of anilines is 1. The average molecular weight is 461 g/mol. The molecule has 1 aromatic carbocycles. The number of carbonyl (C=O) groups is 1. The molecule has 0 saturated heterocycles. The van der Waals surface area contributed by atoms with Crippen molar-refractivity contribution in [3.05, 3.63) is 59.5 Å². The Hall–Kier alpha value is -3.88. The van der Waals surface area contributed by atoms with E-state index >= 15 is 0 Å². The van der Waals surface area contributed by atoms with Crippen LogP contribution in [0.3, 0.4) is 0 Å². The number of pyridine rings is 1. The van der Waals surface area contributed by atoms with Gasteiger partial charge in [0.05, 0.1) is 30.1 Å². The molecule has 1 unspecified atom stereocenters. The lowest BCUT2D eigenvalue weighted by Crippen LogP contribution is -2.34. The first-order valence-corrected chi connectivity index (χ1v) is 11.3. The Kier molecular flexibility index (Phi) is 5.47. The van der Waals surface area contributed by atoms with Gasteiger partial charge in [-0.3, -0.25) is 0 Å². The molecule has 0 bridgehead atoms. The van der Waals surface area contributed by atoms with E-state index in [0.717, 1.165) is 23.7 Å². The van der Waals surface area contributed by atoms with E-state index in [0.29, 0.717) is 41.0 Å². The molecule has 3 aromatic heterocycles. The second-order valence-corrected chi connectivity index (χ2v) is 8.88. The third kappa shape index (κ3) is 3.57. The summed E-state index contributed by atoms with van der Waals surface area (Å²) < 4.78 is 22.0. The number of hydrogen-bond acceptors (Lipinski definition) is 7. The van der Waals surface area contributed by atoms with Crippen LogP contribution in [0.15, 0.2) is 42.6 Å². The van der Waals surface area contributed by atoms with E-state index in [1.165, 1.54) is 6.07 Å². The predicted octanol–water partition coefficient (Wildman–Crippen LogP) is 4.14. The Morgan fingerprint density at radius 2 is 2.03 bits per heavy atom. The van der Waals surface area contributed by atoms with Gasteiger partial charge in [-0.2, -0.15) is 10.1 Å². The maximum Gasteiger partial charge on any atom is 0.223 e.